The fraction of sp³-hybridized carbons (Fsp3) is 0.500. The predicted octanol–water partition coefficient (Wildman–Crippen LogP) is 0.184. The average Bonchev–Trinajstić information content (AvgIpc) is 2.93. The molecule has 0 fully saturated rings. The number of rotatable bonds is 5. The van der Waals surface area contributed by atoms with Crippen LogP contribution in [0.1, 0.15) is 13.3 Å². The number of aryl methyl sites for hydroxylation is 2. The van der Waals surface area contributed by atoms with Crippen LogP contribution in [0, 0.1) is 5.92 Å². The van der Waals surface area contributed by atoms with E-state index in [1.54, 1.807) is 22.5 Å². The largest absolute Gasteiger partial charge is 0.481 e. The zero-order valence-corrected chi connectivity index (χ0v) is 10.2. The summed E-state index contributed by atoms with van der Waals surface area (Å²) < 4.78 is 3.37. The molecule has 0 aromatic carbocycles. The molecule has 0 bridgehead atoms. The van der Waals surface area contributed by atoms with Crippen LogP contribution in [0.5, 0.6) is 0 Å². The third-order valence-electron chi connectivity index (χ3n) is 2.66. The smallest absolute Gasteiger partial charge is 0.306 e. The van der Waals surface area contributed by atoms with Gasteiger partial charge in [0.2, 0.25) is 5.82 Å². The van der Waals surface area contributed by atoms with Gasteiger partial charge in [-0.2, -0.15) is 0 Å². The molecule has 0 aliphatic rings. The maximum absolute atomic E-state index is 10.7. The topological polar surface area (TPSA) is 98.7 Å². The lowest BCUT2D eigenvalue weighted by Gasteiger charge is -2.06. The molecule has 0 amide bonds. The highest BCUT2D eigenvalue weighted by Gasteiger charge is 2.15. The molecular formula is C10H14N6O2. The Morgan fingerprint density at radius 1 is 1.56 bits per heavy atom. The lowest BCUT2D eigenvalue weighted by Crippen LogP contribution is -2.14. The van der Waals surface area contributed by atoms with Crippen molar-refractivity contribution in [2.75, 3.05) is 0 Å². The van der Waals surface area contributed by atoms with Crippen molar-refractivity contribution in [2.24, 2.45) is 13.0 Å². The van der Waals surface area contributed by atoms with Crippen molar-refractivity contribution in [3.8, 4) is 11.5 Å². The Balaban J connectivity index is 2.11. The number of carbonyl (C=O) groups is 1. The molecule has 2 rings (SSSR count). The Labute approximate surface area is 103 Å². The summed E-state index contributed by atoms with van der Waals surface area (Å²) in [5.74, 6) is -0.693. The van der Waals surface area contributed by atoms with Gasteiger partial charge in [-0.05, 0) is 16.8 Å². The molecule has 1 N–H and O–H groups in total. The highest BCUT2D eigenvalue weighted by molar-refractivity contribution is 5.69. The minimum Gasteiger partial charge on any atom is -0.481 e. The molecule has 1 atom stereocenters. The second-order valence-corrected chi connectivity index (χ2v) is 4.18. The van der Waals surface area contributed by atoms with Crippen molar-refractivity contribution < 1.29 is 9.90 Å². The molecule has 1 unspecified atom stereocenters. The summed E-state index contributed by atoms with van der Waals surface area (Å²) >= 11 is 0. The van der Waals surface area contributed by atoms with Crippen molar-refractivity contribution in [2.45, 2.75) is 19.9 Å². The van der Waals surface area contributed by atoms with E-state index in [9.17, 15) is 4.79 Å². The number of tetrazole rings is 1. The Morgan fingerprint density at radius 2 is 2.33 bits per heavy atom. The number of carboxylic acid groups (broad SMARTS) is 1. The van der Waals surface area contributed by atoms with E-state index in [0.717, 1.165) is 0 Å². The van der Waals surface area contributed by atoms with Crippen molar-refractivity contribution in [1.29, 1.82) is 0 Å². The van der Waals surface area contributed by atoms with Gasteiger partial charge in [0.05, 0.1) is 12.2 Å². The minimum atomic E-state index is -0.817. The summed E-state index contributed by atoms with van der Waals surface area (Å²) in [6, 6.07) is 0. The molecule has 18 heavy (non-hydrogen) atoms. The van der Waals surface area contributed by atoms with Crippen molar-refractivity contribution in [3.63, 3.8) is 0 Å². The van der Waals surface area contributed by atoms with E-state index in [-0.39, 0.29) is 0 Å². The highest BCUT2D eigenvalue weighted by Crippen LogP contribution is 2.13. The molecule has 0 aliphatic carbocycles. The Bertz CT molecular complexity index is 546. The van der Waals surface area contributed by atoms with Crippen LogP contribution >= 0.6 is 0 Å². The van der Waals surface area contributed by atoms with Gasteiger partial charge in [-0.25, -0.2) is 9.67 Å². The second kappa shape index (κ2) is 4.94. The molecule has 2 heterocycles. The van der Waals surface area contributed by atoms with Crippen LogP contribution in [0.4, 0.5) is 0 Å². The van der Waals surface area contributed by atoms with Gasteiger partial charge in [0.1, 0.15) is 5.69 Å². The maximum Gasteiger partial charge on any atom is 0.306 e. The van der Waals surface area contributed by atoms with E-state index >= 15 is 0 Å². The van der Waals surface area contributed by atoms with Crippen LogP contribution in [-0.4, -0.2) is 40.8 Å². The first-order valence-electron chi connectivity index (χ1n) is 5.55. The summed E-state index contributed by atoms with van der Waals surface area (Å²) in [4.78, 5) is 14.9. The maximum atomic E-state index is 10.7. The molecule has 0 spiro atoms. The molecule has 8 nitrogen and oxygen atoms in total. The Morgan fingerprint density at radius 3 is 2.94 bits per heavy atom. The zero-order chi connectivity index (χ0) is 13.1. The van der Waals surface area contributed by atoms with Crippen LogP contribution in [0.2, 0.25) is 0 Å². The Kier molecular flexibility index (Phi) is 3.35. The first kappa shape index (κ1) is 12.2. The fourth-order valence-corrected chi connectivity index (χ4v) is 1.51. The number of aliphatic carboxylic acids is 1. The first-order valence-corrected chi connectivity index (χ1v) is 5.55. The van der Waals surface area contributed by atoms with Crippen LogP contribution in [0.15, 0.2) is 12.5 Å². The van der Waals surface area contributed by atoms with Crippen molar-refractivity contribution >= 4 is 5.97 Å². The van der Waals surface area contributed by atoms with Crippen LogP contribution in [-0.2, 0) is 18.4 Å². The van der Waals surface area contributed by atoms with E-state index in [1.807, 2.05) is 13.2 Å². The molecule has 8 heteroatoms. The van der Waals surface area contributed by atoms with Gasteiger partial charge in [0, 0.05) is 19.8 Å². The number of carboxylic acids is 1. The standard InChI is InChI=1S/C10H14N6O2/c1-7(10(17)18)3-4-16-9(12-13-14-16)8-5-15(2)6-11-8/h5-7H,3-4H2,1-2H3,(H,17,18). The van der Waals surface area contributed by atoms with Gasteiger partial charge < -0.3 is 9.67 Å². The zero-order valence-electron chi connectivity index (χ0n) is 10.2. The number of hydrogen-bond acceptors (Lipinski definition) is 5. The number of aromatic nitrogens is 6. The molecule has 0 saturated heterocycles. The van der Waals surface area contributed by atoms with Crippen molar-refractivity contribution in [1.82, 2.24) is 29.8 Å². The molecule has 2 aromatic heterocycles. The van der Waals surface area contributed by atoms with Crippen LogP contribution < -0.4 is 0 Å². The summed E-state index contributed by atoms with van der Waals surface area (Å²) in [5.41, 5.74) is 0.672. The lowest BCUT2D eigenvalue weighted by atomic mass is 10.1. The SMILES string of the molecule is CC(CCn1nnnc1-c1cn(C)cn1)C(=O)O. The van der Waals surface area contributed by atoms with Gasteiger partial charge in [-0.1, -0.05) is 6.92 Å². The second-order valence-electron chi connectivity index (χ2n) is 4.18. The monoisotopic (exact) mass is 250 g/mol. The van der Waals surface area contributed by atoms with E-state index in [2.05, 4.69) is 20.5 Å². The summed E-state index contributed by atoms with van der Waals surface area (Å²) in [6.45, 7) is 2.11. The minimum absolute atomic E-state index is 0.425. The van der Waals surface area contributed by atoms with Gasteiger partial charge >= 0.3 is 5.97 Å². The van der Waals surface area contributed by atoms with Crippen LogP contribution in [0.3, 0.4) is 0 Å². The first-order chi connectivity index (χ1) is 8.58. The summed E-state index contributed by atoms with van der Waals surface area (Å²) in [7, 11) is 1.86. The lowest BCUT2D eigenvalue weighted by molar-refractivity contribution is -0.141. The number of nitrogens with zero attached hydrogens (tertiary/aromatic N) is 6. The predicted molar refractivity (Wildman–Crippen MR) is 61.4 cm³/mol. The van der Waals surface area contributed by atoms with Gasteiger partial charge in [-0.3, -0.25) is 4.79 Å². The molecule has 96 valence electrons. The normalized spacial score (nSPS) is 12.6. The molecule has 0 saturated carbocycles. The fourth-order valence-electron chi connectivity index (χ4n) is 1.51. The van der Waals surface area contributed by atoms with E-state index in [0.29, 0.717) is 24.5 Å². The molecule has 2 aromatic rings. The van der Waals surface area contributed by atoms with E-state index < -0.39 is 11.9 Å². The van der Waals surface area contributed by atoms with Crippen LogP contribution in [0.25, 0.3) is 11.5 Å². The molecular weight excluding hydrogens is 236 g/mol. The Hall–Kier alpha value is -2.25. The number of hydrogen-bond donors (Lipinski definition) is 1. The quantitative estimate of drug-likeness (QED) is 0.813. The third-order valence-corrected chi connectivity index (χ3v) is 2.66. The highest BCUT2D eigenvalue weighted by atomic mass is 16.4. The van der Waals surface area contributed by atoms with Crippen molar-refractivity contribution in [3.05, 3.63) is 12.5 Å². The van der Waals surface area contributed by atoms with Gasteiger partial charge in [0.15, 0.2) is 0 Å². The number of imidazole rings is 1. The third kappa shape index (κ3) is 2.53. The van der Waals surface area contributed by atoms with Gasteiger partial charge in [0.25, 0.3) is 0 Å². The molecule has 0 radical (unpaired) electrons. The van der Waals surface area contributed by atoms with E-state index in [4.69, 9.17) is 5.11 Å². The average molecular weight is 250 g/mol. The van der Waals surface area contributed by atoms with E-state index in [1.165, 1.54) is 0 Å². The van der Waals surface area contributed by atoms with Gasteiger partial charge in [-0.15, -0.1) is 5.10 Å². The summed E-state index contributed by atoms with van der Waals surface area (Å²) in [5, 5.41) is 20.2. The summed E-state index contributed by atoms with van der Waals surface area (Å²) in [6.07, 6.45) is 3.94. The molecule has 0 aliphatic heterocycles.